The van der Waals surface area contributed by atoms with Crippen LogP contribution in [0, 0.1) is 11.7 Å². The Balaban J connectivity index is 2.26. The molecule has 1 heterocycles. The van der Waals surface area contributed by atoms with Crippen LogP contribution in [0.25, 0.3) is 0 Å². The van der Waals surface area contributed by atoms with Crippen molar-refractivity contribution >= 4 is 0 Å². The number of rotatable bonds is 3. The smallest absolute Gasteiger partial charge is 0.124 e. The molecule has 4 heteroatoms. The van der Waals surface area contributed by atoms with Gasteiger partial charge in [0.15, 0.2) is 0 Å². The topological polar surface area (TPSA) is 38.7 Å². The Morgan fingerprint density at radius 1 is 1.56 bits per heavy atom. The van der Waals surface area contributed by atoms with Gasteiger partial charge in [-0.1, -0.05) is 0 Å². The fourth-order valence-electron chi connectivity index (χ4n) is 1.99. The van der Waals surface area contributed by atoms with Crippen LogP contribution in [0.5, 0.6) is 5.75 Å². The molecule has 0 spiro atoms. The van der Waals surface area contributed by atoms with Crippen LogP contribution in [-0.2, 0) is 4.74 Å². The predicted octanol–water partition coefficient (Wildman–Crippen LogP) is 1.90. The molecule has 1 fully saturated rings. The molecule has 2 rings (SSSR count). The Kier molecular flexibility index (Phi) is 3.41. The quantitative estimate of drug-likeness (QED) is 0.855. The van der Waals surface area contributed by atoms with Crippen LogP contribution in [0.3, 0.4) is 0 Å². The molecule has 3 nitrogen and oxygen atoms in total. The summed E-state index contributed by atoms with van der Waals surface area (Å²) in [5.74, 6) is 0.172. The highest BCUT2D eigenvalue weighted by Gasteiger charge is 2.27. The van der Waals surface area contributed by atoms with Crippen molar-refractivity contribution in [2.24, 2.45) is 5.92 Å². The van der Waals surface area contributed by atoms with Crippen molar-refractivity contribution in [3.63, 3.8) is 0 Å². The normalized spacial score (nSPS) is 22.1. The fraction of sp³-hybridized carbons (Fsp3) is 0.500. The van der Waals surface area contributed by atoms with Gasteiger partial charge >= 0.3 is 0 Å². The van der Waals surface area contributed by atoms with Crippen molar-refractivity contribution in [3.05, 3.63) is 29.6 Å². The minimum atomic E-state index is -0.729. The second kappa shape index (κ2) is 4.80. The first kappa shape index (κ1) is 11.4. The average Bonchev–Trinajstić information content (AvgIpc) is 2.81. The number of benzene rings is 1. The van der Waals surface area contributed by atoms with E-state index in [1.807, 2.05) is 0 Å². The summed E-state index contributed by atoms with van der Waals surface area (Å²) in [4.78, 5) is 0. The maximum absolute atomic E-state index is 13.1. The van der Waals surface area contributed by atoms with E-state index in [9.17, 15) is 9.50 Å². The van der Waals surface area contributed by atoms with Crippen LogP contribution in [0.15, 0.2) is 18.2 Å². The van der Waals surface area contributed by atoms with E-state index in [2.05, 4.69) is 0 Å². The largest absolute Gasteiger partial charge is 0.496 e. The Morgan fingerprint density at radius 2 is 2.38 bits per heavy atom. The molecule has 0 aromatic heterocycles. The van der Waals surface area contributed by atoms with Crippen molar-refractivity contribution in [2.75, 3.05) is 20.3 Å². The molecule has 1 aromatic rings. The first-order chi connectivity index (χ1) is 7.72. The highest BCUT2D eigenvalue weighted by Crippen LogP contribution is 2.34. The van der Waals surface area contributed by atoms with Gasteiger partial charge in [-0.3, -0.25) is 0 Å². The van der Waals surface area contributed by atoms with Crippen LogP contribution in [0.4, 0.5) is 4.39 Å². The zero-order chi connectivity index (χ0) is 11.5. The Hall–Kier alpha value is -1.13. The van der Waals surface area contributed by atoms with E-state index >= 15 is 0 Å². The minimum Gasteiger partial charge on any atom is -0.496 e. The maximum Gasteiger partial charge on any atom is 0.124 e. The second-order valence-electron chi connectivity index (χ2n) is 3.95. The zero-order valence-corrected chi connectivity index (χ0v) is 9.15. The summed E-state index contributed by atoms with van der Waals surface area (Å²) in [6, 6.07) is 4.17. The van der Waals surface area contributed by atoms with E-state index in [0.717, 1.165) is 6.42 Å². The predicted molar refractivity (Wildman–Crippen MR) is 56.8 cm³/mol. The van der Waals surface area contributed by atoms with Gasteiger partial charge in [0.05, 0.1) is 19.8 Å². The van der Waals surface area contributed by atoms with Gasteiger partial charge in [-0.2, -0.15) is 0 Å². The molecule has 1 aliphatic rings. The summed E-state index contributed by atoms with van der Waals surface area (Å²) in [6.07, 6.45) is 0.0639. The third kappa shape index (κ3) is 2.18. The first-order valence-corrected chi connectivity index (χ1v) is 5.31. The van der Waals surface area contributed by atoms with Gasteiger partial charge in [-0.15, -0.1) is 0 Å². The van der Waals surface area contributed by atoms with E-state index < -0.39 is 6.10 Å². The van der Waals surface area contributed by atoms with Crippen LogP contribution >= 0.6 is 0 Å². The number of halogens is 1. The highest BCUT2D eigenvalue weighted by molar-refractivity contribution is 5.36. The van der Waals surface area contributed by atoms with Crippen molar-refractivity contribution in [1.29, 1.82) is 0 Å². The molecule has 0 aliphatic carbocycles. The highest BCUT2D eigenvalue weighted by atomic mass is 19.1. The maximum atomic E-state index is 13.1. The van der Waals surface area contributed by atoms with Gasteiger partial charge in [-0.05, 0) is 24.6 Å². The van der Waals surface area contributed by atoms with Gasteiger partial charge < -0.3 is 14.6 Å². The molecule has 1 aromatic carbocycles. The van der Waals surface area contributed by atoms with Crippen molar-refractivity contribution < 1.29 is 19.0 Å². The third-order valence-corrected chi connectivity index (χ3v) is 2.92. The zero-order valence-electron chi connectivity index (χ0n) is 9.15. The average molecular weight is 226 g/mol. The number of ether oxygens (including phenoxy) is 2. The lowest BCUT2D eigenvalue weighted by molar-refractivity contribution is 0.0894. The monoisotopic (exact) mass is 226 g/mol. The summed E-state index contributed by atoms with van der Waals surface area (Å²) in [7, 11) is 1.51. The van der Waals surface area contributed by atoms with Gasteiger partial charge in [-0.25, -0.2) is 4.39 Å². The fourth-order valence-corrected chi connectivity index (χ4v) is 1.99. The number of aliphatic hydroxyl groups is 1. The van der Waals surface area contributed by atoms with Crippen LogP contribution < -0.4 is 4.74 Å². The number of methoxy groups -OCH3 is 1. The first-order valence-electron chi connectivity index (χ1n) is 5.31. The van der Waals surface area contributed by atoms with Crippen molar-refractivity contribution in [3.8, 4) is 5.75 Å². The van der Waals surface area contributed by atoms with Crippen molar-refractivity contribution in [2.45, 2.75) is 12.5 Å². The molecule has 0 radical (unpaired) electrons. The van der Waals surface area contributed by atoms with Gasteiger partial charge in [0, 0.05) is 18.1 Å². The molecule has 0 amide bonds. The molecule has 0 saturated carbocycles. The van der Waals surface area contributed by atoms with E-state index in [-0.39, 0.29) is 11.7 Å². The van der Waals surface area contributed by atoms with Gasteiger partial charge in [0.1, 0.15) is 11.6 Å². The van der Waals surface area contributed by atoms with E-state index in [1.54, 1.807) is 0 Å². The summed E-state index contributed by atoms with van der Waals surface area (Å²) >= 11 is 0. The molecule has 1 N–H and O–H groups in total. The van der Waals surface area contributed by atoms with Gasteiger partial charge in [0.2, 0.25) is 0 Å². The lowest BCUT2D eigenvalue weighted by Crippen LogP contribution is -2.13. The van der Waals surface area contributed by atoms with Crippen LogP contribution in [0.1, 0.15) is 18.1 Å². The van der Waals surface area contributed by atoms with Crippen molar-refractivity contribution in [1.82, 2.24) is 0 Å². The van der Waals surface area contributed by atoms with E-state index in [0.29, 0.717) is 24.5 Å². The number of hydrogen-bond acceptors (Lipinski definition) is 3. The molecular weight excluding hydrogens is 211 g/mol. The summed E-state index contributed by atoms with van der Waals surface area (Å²) in [5, 5.41) is 10.1. The number of aliphatic hydroxyl groups excluding tert-OH is 1. The molecule has 88 valence electrons. The van der Waals surface area contributed by atoms with E-state index in [4.69, 9.17) is 9.47 Å². The molecule has 16 heavy (non-hydrogen) atoms. The second-order valence-corrected chi connectivity index (χ2v) is 3.95. The van der Waals surface area contributed by atoms with E-state index in [1.165, 1.54) is 25.3 Å². The standard InChI is InChI=1S/C12H15FO3/c1-15-11-3-2-9(13)6-10(11)12(14)8-4-5-16-7-8/h2-3,6,8,12,14H,4-5,7H2,1H3. The molecule has 2 atom stereocenters. The van der Waals surface area contributed by atoms with Crippen LogP contribution in [0.2, 0.25) is 0 Å². The molecule has 2 unspecified atom stereocenters. The lowest BCUT2D eigenvalue weighted by Gasteiger charge is -2.19. The Bertz CT molecular complexity index is 361. The lowest BCUT2D eigenvalue weighted by atomic mass is 9.94. The molecule has 1 aliphatic heterocycles. The summed E-state index contributed by atoms with van der Waals surface area (Å²) < 4.78 is 23.5. The third-order valence-electron chi connectivity index (χ3n) is 2.92. The molecular formula is C12H15FO3. The number of hydrogen-bond donors (Lipinski definition) is 1. The van der Waals surface area contributed by atoms with Crippen LogP contribution in [-0.4, -0.2) is 25.4 Å². The molecule has 1 saturated heterocycles. The Labute approximate surface area is 93.8 Å². The SMILES string of the molecule is COc1ccc(F)cc1C(O)C1CCOC1. The minimum absolute atomic E-state index is 0.0238. The van der Waals surface area contributed by atoms with Gasteiger partial charge in [0.25, 0.3) is 0 Å². The molecule has 0 bridgehead atoms. The Morgan fingerprint density at radius 3 is 3.00 bits per heavy atom. The summed E-state index contributed by atoms with van der Waals surface area (Å²) in [5.41, 5.74) is 0.498. The summed E-state index contributed by atoms with van der Waals surface area (Å²) in [6.45, 7) is 1.17.